The fraction of sp³-hybridized carbons (Fsp3) is 0.273. The van der Waals surface area contributed by atoms with Crippen molar-refractivity contribution in [2.45, 2.75) is 24.9 Å². The van der Waals surface area contributed by atoms with E-state index in [4.69, 9.17) is 22.6 Å². The summed E-state index contributed by atoms with van der Waals surface area (Å²) in [6, 6.07) is 12.4. The molecular formula is C22H18ClFN4O3. The van der Waals surface area contributed by atoms with Crippen LogP contribution < -0.4 is 10.6 Å². The van der Waals surface area contributed by atoms with E-state index in [9.17, 15) is 18.8 Å². The summed E-state index contributed by atoms with van der Waals surface area (Å²) in [6.45, 7) is -0.199. The summed E-state index contributed by atoms with van der Waals surface area (Å²) in [5.74, 6) is -2.70. The number of rotatable bonds is 4. The van der Waals surface area contributed by atoms with Crippen molar-refractivity contribution in [2.75, 3.05) is 11.4 Å². The average molecular weight is 441 g/mol. The molecule has 1 aliphatic heterocycles. The van der Waals surface area contributed by atoms with Crippen LogP contribution in [0.4, 0.5) is 10.1 Å². The Morgan fingerprint density at radius 1 is 1.23 bits per heavy atom. The van der Waals surface area contributed by atoms with Gasteiger partial charge in [0.1, 0.15) is 17.9 Å². The second kappa shape index (κ2) is 7.67. The molecule has 7 nitrogen and oxygen atoms in total. The highest BCUT2D eigenvalue weighted by atomic mass is 35.5. The second-order valence-corrected chi connectivity index (χ2v) is 8.25. The van der Waals surface area contributed by atoms with Gasteiger partial charge < -0.3 is 10.6 Å². The maximum Gasteiger partial charge on any atom is 0.253 e. The molecule has 0 radical (unpaired) electrons. The molecule has 1 saturated heterocycles. The molecule has 2 aromatic rings. The first kappa shape index (κ1) is 20.8. The highest BCUT2D eigenvalue weighted by molar-refractivity contribution is 6.30. The van der Waals surface area contributed by atoms with Gasteiger partial charge in [-0.1, -0.05) is 23.7 Å². The van der Waals surface area contributed by atoms with Crippen molar-refractivity contribution >= 4 is 35.0 Å². The Labute approximate surface area is 182 Å². The maximum absolute atomic E-state index is 14.6. The molecule has 1 saturated carbocycles. The molecular weight excluding hydrogens is 423 g/mol. The fourth-order valence-corrected chi connectivity index (χ4v) is 4.38. The van der Waals surface area contributed by atoms with Crippen molar-refractivity contribution in [1.29, 1.82) is 5.26 Å². The van der Waals surface area contributed by atoms with Gasteiger partial charge in [-0.15, -0.1) is 0 Å². The molecule has 9 heteroatoms. The van der Waals surface area contributed by atoms with Crippen LogP contribution in [0.1, 0.15) is 24.0 Å². The number of nitriles is 1. The molecule has 2 aliphatic rings. The highest BCUT2D eigenvalue weighted by Gasteiger charge is 2.61. The van der Waals surface area contributed by atoms with Crippen molar-refractivity contribution < 1.29 is 18.8 Å². The molecule has 3 amide bonds. The first-order valence-corrected chi connectivity index (χ1v) is 9.99. The summed E-state index contributed by atoms with van der Waals surface area (Å²) in [5.41, 5.74) is 4.92. The molecule has 2 aromatic carbocycles. The molecule has 1 spiro atoms. The lowest BCUT2D eigenvalue weighted by Gasteiger charge is -2.56. The Hall–Kier alpha value is -3.44. The second-order valence-electron chi connectivity index (χ2n) is 7.81. The summed E-state index contributed by atoms with van der Waals surface area (Å²) >= 11 is 5.93. The van der Waals surface area contributed by atoms with Gasteiger partial charge in [0.05, 0.1) is 17.3 Å². The summed E-state index contributed by atoms with van der Waals surface area (Å²) in [4.78, 5) is 40.9. The van der Waals surface area contributed by atoms with E-state index in [1.165, 1.54) is 17.0 Å². The van der Waals surface area contributed by atoms with Crippen LogP contribution >= 0.6 is 11.6 Å². The van der Waals surface area contributed by atoms with Gasteiger partial charge in [0.15, 0.2) is 0 Å². The van der Waals surface area contributed by atoms with Gasteiger partial charge in [-0.25, -0.2) is 4.39 Å². The van der Waals surface area contributed by atoms with Crippen LogP contribution in [0.5, 0.6) is 0 Å². The number of nitrogens with zero attached hydrogens (tertiary/aromatic N) is 3. The van der Waals surface area contributed by atoms with Gasteiger partial charge in [0, 0.05) is 17.5 Å². The Balaban J connectivity index is 1.70. The van der Waals surface area contributed by atoms with Crippen LogP contribution in [0.15, 0.2) is 42.5 Å². The van der Waals surface area contributed by atoms with E-state index < -0.39 is 29.1 Å². The number of anilines is 1. The van der Waals surface area contributed by atoms with Gasteiger partial charge in [0.25, 0.3) is 5.91 Å². The van der Waals surface area contributed by atoms with Crippen LogP contribution in [0.3, 0.4) is 0 Å². The lowest BCUT2D eigenvalue weighted by molar-refractivity contribution is -0.164. The minimum Gasteiger partial charge on any atom is -0.369 e. The molecule has 2 fully saturated rings. The summed E-state index contributed by atoms with van der Waals surface area (Å²) in [7, 11) is 0. The van der Waals surface area contributed by atoms with Gasteiger partial charge in [-0.3, -0.25) is 19.3 Å². The summed E-state index contributed by atoms with van der Waals surface area (Å²) < 4.78 is 14.6. The molecule has 1 aliphatic carbocycles. The zero-order chi connectivity index (χ0) is 22.3. The quantitative estimate of drug-likeness (QED) is 0.787. The Morgan fingerprint density at radius 3 is 2.48 bits per heavy atom. The molecule has 1 heterocycles. The molecule has 31 heavy (non-hydrogen) atoms. The fourth-order valence-electron chi connectivity index (χ4n) is 4.25. The predicted molar refractivity (Wildman–Crippen MR) is 110 cm³/mol. The number of piperazine rings is 1. The van der Waals surface area contributed by atoms with Gasteiger partial charge >= 0.3 is 0 Å². The zero-order valence-electron chi connectivity index (χ0n) is 16.3. The van der Waals surface area contributed by atoms with Gasteiger partial charge in [0.2, 0.25) is 11.8 Å². The van der Waals surface area contributed by atoms with Crippen LogP contribution in [-0.4, -0.2) is 34.7 Å². The molecule has 0 atom stereocenters. The predicted octanol–water partition coefficient (Wildman–Crippen LogP) is 2.36. The van der Waals surface area contributed by atoms with Crippen LogP contribution in [0, 0.1) is 23.1 Å². The molecule has 158 valence electrons. The normalized spacial score (nSPS) is 22.9. The number of primary amides is 1. The van der Waals surface area contributed by atoms with Crippen molar-refractivity contribution in [1.82, 2.24) is 4.90 Å². The van der Waals surface area contributed by atoms with E-state index in [1.54, 1.807) is 24.3 Å². The van der Waals surface area contributed by atoms with E-state index in [-0.39, 0.29) is 43.1 Å². The number of hydrogen-bond donors (Lipinski definition) is 1. The Kier molecular flexibility index (Phi) is 5.15. The Bertz CT molecular complexity index is 1120. The van der Waals surface area contributed by atoms with Crippen LogP contribution in [0.25, 0.3) is 0 Å². The first-order valence-electron chi connectivity index (χ1n) is 9.61. The first-order chi connectivity index (χ1) is 14.7. The smallest absolute Gasteiger partial charge is 0.253 e. The number of hydrogen-bond acceptors (Lipinski definition) is 4. The largest absolute Gasteiger partial charge is 0.369 e. The number of carbonyl (C=O) groups is 3. The monoisotopic (exact) mass is 440 g/mol. The molecule has 4 rings (SSSR count). The minimum atomic E-state index is -1.28. The number of halogens is 2. The third-order valence-electron chi connectivity index (χ3n) is 5.95. The lowest BCUT2D eigenvalue weighted by Crippen LogP contribution is -2.73. The Morgan fingerprint density at radius 2 is 1.90 bits per heavy atom. The van der Waals surface area contributed by atoms with Crippen molar-refractivity contribution in [2.24, 2.45) is 11.7 Å². The van der Waals surface area contributed by atoms with Crippen molar-refractivity contribution in [3.05, 3.63) is 64.4 Å². The molecule has 0 bridgehead atoms. The van der Waals surface area contributed by atoms with Gasteiger partial charge in [-0.2, -0.15) is 5.26 Å². The van der Waals surface area contributed by atoms with Crippen molar-refractivity contribution in [3.63, 3.8) is 0 Å². The number of benzene rings is 2. The summed E-state index contributed by atoms with van der Waals surface area (Å²) in [6.07, 6.45) is 0.157. The third kappa shape index (κ3) is 3.51. The van der Waals surface area contributed by atoms with Crippen LogP contribution in [-0.2, 0) is 20.9 Å². The van der Waals surface area contributed by atoms with E-state index in [0.717, 1.165) is 16.5 Å². The van der Waals surface area contributed by atoms with E-state index in [2.05, 4.69) is 0 Å². The maximum atomic E-state index is 14.6. The van der Waals surface area contributed by atoms with E-state index in [0.29, 0.717) is 5.02 Å². The van der Waals surface area contributed by atoms with Gasteiger partial charge in [-0.05, 0) is 48.7 Å². The third-order valence-corrected chi connectivity index (χ3v) is 6.20. The number of carbonyl (C=O) groups excluding carboxylic acids is 3. The highest BCUT2D eigenvalue weighted by Crippen LogP contribution is 2.47. The minimum absolute atomic E-state index is 0.0783. The van der Waals surface area contributed by atoms with Crippen LogP contribution in [0.2, 0.25) is 5.02 Å². The molecule has 0 aromatic heterocycles. The SMILES string of the molecule is N#Cc1ccc(N2CC(=O)N(Cc3ccc(Cl)cc3)[C@]3(C[C@H](C(N)=O)C3)C2=O)c(F)c1. The van der Waals surface area contributed by atoms with E-state index in [1.807, 2.05) is 6.07 Å². The number of nitrogens with two attached hydrogens (primary N) is 1. The van der Waals surface area contributed by atoms with E-state index >= 15 is 0 Å². The standard InChI is InChI=1S/C22H18ClFN4O3/c23-16-4-1-13(2-5-16)11-28-19(29)12-27(18-6-3-14(10-25)7-17(18)24)21(31)22(28)8-15(9-22)20(26)30/h1-7,15H,8-9,11-12H2,(H2,26,30)/t15-,22-. The molecule has 2 N–H and O–H groups in total. The lowest BCUT2D eigenvalue weighted by atomic mass is 9.64. The summed E-state index contributed by atoms with van der Waals surface area (Å²) in [5, 5.41) is 9.49. The average Bonchev–Trinajstić information content (AvgIpc) is 2.70. The molecule has 0 unspecified atom stereocenters. The number of amides is 3. The zero-order valence-corrected chi connectivity index (χ0v) is 17.1. The van der Waals surface area contributed by atoms with Crippen molar-refractivity contribution in [3.8, 4) is 6.07 Å². The topological polar surface area (TPSA) is 108 Å².